The van der Waals surface area contributed by atoms with E-state index >= 15 is 0 Å². The van der Waals surface area contributed by atoms with Crippen molar-refractivity contribution < 1.29 is 4.79 Å². The molecular formula is C12H25N3O. The molecule has 1 aliphatic heterocycles. The second-order valence-corrected chi connectivity index (χ2v) is 4.56. The number of nitrogens with one attached hydrogen (secondary N) is 1. The van der Waals surface area contributed by atoms with Gasteiger partial charge in [0.05, 0.1) is 0 Å². The number of nitrogens with zero attached hydrogens (tertiary/aromatic N) is 1. The highest BCUT2D eigenvalue weighted by molar-refractivity contribution is 5.76. The highest BCUT2D eigenvalue weighted by Crippen LogP contribution is 2.22. The lowest BCUT2D eigenvalue weighted by Gasteiger charge is -2.40. The van der Waals surface area contributed by atoms with E-state index < -0.39 is 0 Å². The zero-order chi connectivity index (χ0) is 12.0. The maximum atomic E-state index is 11.4. The fraction of sp³-hybridized carbons (Fsp3) is 0.917. The average Bonchev–Trinajstić information content (AvgIpc) is 2.35. The van der Waals surface area contributed by atoms with Crippen LogP contribution >= 0.6 is 0 Å². The van der Waals surface area contributed by atoms with Crippen molar-refractivity contribution in [3.8, 4) is 0 Å². The van der Waals surface area contributed by atoms with Crippen molar-refractivity contribution in [2.75, 3.05) is 20.1 Å². The Hall–Kier alpha value is -0.610. The lowest BCUT2D eigenvalue weighted by atomic mass is 9.96. The van der Waals surface area contributed by atoms with Gasteiger partial charge in [0.2, 0.25) is 5.91 Å². The molecule has 0 radical (unpaired) electrons. The molecule has 0 bridgehead atoms. The third-order valence-electron chi connectivity index (χ3n) is 3.58. The van der Waals surface area contributed by atoms with Crippen LogP contribution in [0.1, 0.15) is 39.0 Å². The van der Waals surface area contributed by atoms with Gasteiger partial charge >= 0.3 is 0 Å². The number of likely N-dealkylation sites (tertiary alicyclic amines) is 1. The van der Waals surface area contributed by atoms with Crippen LogP contribution in [0.2, 0.25) is 0 Å². The van der Waals surface area contributed by atoms with Crippen molar-refractivity contribution in [3.63, 3.8) is 0 Å². The summed E-state index contributed by atoms with van der Waals surface area (Å²) in [6, 6.07) is 0.831. The summed E-state index contributed by atoms with van der Waals surface area (Å²) in [7, 11) is 1.68. The molecule has 1 fully saturated rings. The Morgan fingerprint density at radius 1 is 1.56 bits per heavy atom. The largest absolute Gasteiger partial charge is 0.359 e. The van der Waals surface area contributed by atoms with Crippen molar-refractivity contribution >= 4 is 5.91 Å². The number of carbonyl (C=O) groups excluding carboxylic acids is 1. The monoisotopic (exact) mass is 227 g/mol. The van der Waals surface area contributed by atoms with Crippen LogP contribution < -0.4 is 11.1 Å². The molecule has 2 atom stereocenters. The minimum atomic E-state index is 0.0934. The van der Waals surface area contributed by atoms with Gasteiger partial charge < -0.3 is 11.1 Å². The predicted octanol–water partition coefficient (Wildman–Crippen LogP) is 0.714. The summed E-state index contributed by atoms with van der Waals surface area (Å²) in [6.45, 7) is 3.89. The molecule has 0 aromatic rings. The molecule has 0 aliphatic carbocycles. The maximum absolute atomic E-state index is 11.4. The molecule has 0 aromatic carbocycles. The number of nitrogens with two attached hydrogens (primary N) is 1. The number of carbonyl (C=O) groups is 1. The Bertz CT molecular complexity index is 220. The molecule has 0 saturated carbocycles. The van der Waals surface area contributed by atoms with Crippen LogP contribution in [0.5, 0.6) is 0 Å². The summed E-state index contributed by atoms with van der Waals surface area (Å²) in [5.41, 5.74) is 5.80. The number of hydrogen-bond donors (Lipinski definition) is 2. The number of amides is 1. The van der Waals surface area contributed by atoms with E-state index in [1.54, 1.807) is 7.05 Å². The van der Waals surface area contributed by atoms with E-state index in [2.05, 4.69) is 17.1 Å². The first-order valence-electron chi connectivity index (χ1n) is 6.39. The molecule has 2 unspecified atom stereocenters. The van der Waals surface area contributed by atoms with Crippen molar-refractivity contribution in [2.45, 2.75) is 51.1 Å². The van der Waals surface area contributed by atoms with E-state index in [1.807, 2.05) is 0 Å². The fourth-order valence-electron chi connectivity index (χ4n) is 2.59. The Labute approximate surface area is 98.6 Å². The molecule has 4 nitrogen and oxygen atoms in total. The van der Waals surface area contributed by atoms with Crippen molar-refractivity contribution in [2.24, 2.45) is 5.73 Å². The second-order valence-electron chi connectivity index (χ2n) is 4.56. The summed E-state index contributed by atoms with van der Waals surface area (Å²) in [6.07, 6.45) is 5.49. The smallest absolute Gasteiger partial charge is 0.221 e. The van der Waals surface area contributed by atoms with Crippen LogP contribution in [0.25, 0.3) is 0 Å². The fourth-order valence-corrected chi connectivity index (χ4v) is 2.59. The molecule has 1 heterocycles. The quantitative estimate of drug-likeness (QED) is 0.727. The SMILES string of the molecule is CCC1CCCCN1C(CN)CC(=O)NC. The van der Waals surface area contributed by atoms with E-state index in [9.17, 15) is 4.79 Å². The molecular weight excluding hydrogens is 202 g/mol. The van der Waals surface area contributed by atoms with Crippen LogP contribution in [-0.4, -0.2) is 43.0 Å². The van der Waals surface area contributed by atoms with Gasteiger partial charge in [-0.15, -0.1) is 0 Å². The topological polar surface area (TPSA) is 58.4 Å². The lowest BCUT2D eigenvalue weighted by Crippen LogP contribution is -2.50. The first-order valence-corrected chi connectivity index (χ1v) is 6.39. The standard InChI is InChI=1S/C12H25N3O/c1-3-10-6-4-5-7-15(10)11(9-13)8-12(16)14-2/h10-11H,3-9,13H2,1-2H3,(H,14,16). The third kappa shape index (κ3) is 3.46. The van der Waals surface area contributed by atoms with Crippen LogP contribution in [0.4, 0.5) is 0 Å². The Morgan fingerprint density at radius 2 is 2.31 bits per heavy atom. The minimum Gasteiger partial charge on any atom is -0.359 e. The number of rotatable bonds is 5. The van der Waals surface area contributed by atoms with Gasteiger partial charge in [-0.05, 0) is 25.8 Å². The second kappa shape index (κ2) is 6.86. The molecule has 4 heteroatoms. The van der Waals surface area contributed by atoms with E-state index in [0.717, 1.165) is 13.0 Å². The summed E-state index contributed by atoms with van der Waals surface area (Å²) in [5.74, 6) is 0.0934. The van der Waals surface area contributed by atoms with Gasteiger partial charge in [-0.2, -0.15) is 0 Å². The summed E-state index contributed by atoms with van der Waals surface area (Å²) in [4.78, 5) is 13.9. The van der Waals surface area contributed by atoms with E-state index in [0.29, 0.717) is 19.0 Å². The zero-order valence-corrected chi connectivity index (χ0v) is 10.5. The van der Waals surface area contributed by atoms with Gasteiger partial charge in [-0.3, -0.25) is 9.69 Å². The van der Waals surface area contributed by atoms with E-state index in [-0.39, 0.29) is 11.9 Å². The highest BCUT2D eigenvalue weighted by atomic mass is 16.1. The van der Waals surface area contributed by atoms with Gasteiger partial charge in [0.25, 0.3) is 0 Å². The van der Waals surface area contributed by atoms with Crippen LogP contribution in [-0.2, 0) is 4.79 Å². The highest BCUT2D eigenvalue weighted by Gasteiger charge is 2.27. The Kier molecular flexibility index (Phi) is 5.77. The first kappa shape index (κ1) is 13.5. The van der Waals surface area contributed by atoms with Gasteiger partial charge in [0.15, 0.2) is 0 Å². The Morgan fingerprint density at radius 3 is 2.88 bits per heavy atom. The first-order chi connectivity index (χ1) is 7.72. The van der Waals surface area contributed by atoms with Crippen LogP contribution in [0.15, 0.2) is 0 Å². The normalized spacial score (nSPS) is 24.1. The van der Waals surface area contributed by atoms with E-state index in [4.69, 9.17) is 5.73 Å². The summed E-state index contributed by atoms with van der Waals surface area (Å²) >= 11 is 0. The average molecular weight is 227 g/mol. The van der Waals surface area contributed by atoms with Crippen molar-refractivity contribution in [1.29, 1.82) is 0 Å². The molecule has 0 aromatic heterocycles. The maximum Gasteiger partial charge on any atom is 0.221 e. The van der Waals surface area contributed by atoms with Gasteiger partial charge in [0.1, 0.15) is 0 Å². The third-order valence-corrected chi connectivity index (χ3v) is 3.58. The Balaban J connectivity index is 2.58. The van der Waals surface area contributed by atoms with E-state index in [1.165, 1.54) is 19.3 Å². The summed E-state index contributed by atoms with van der Waals surface area (Å²) in [5, 5.41) is 2.68. The molecule has 3 N–H and O–H groups in total. The van der Waals surface area contributed by atoms with Crippen LogP contribution in [0, 0.1) is 0 Å². The lowest BCUT2D eigenvalue weighted by molar-refractivity contribution is -0.122. The predicted molar refractivity (Wildman–Crippen MR) is 66.2 cm³/mol. The molecule has 1 amide bonds. The van der Waals surface area contributed by atoms with Crippen LogP contribution in [0.3, 0.4) is 0 Å². The summed E-state index contributed by atoms with van der Waals surface area (Å²) < 4.78 is 0. The molecule has 0 spiro atoms. The van der Waals surface area contributed by atoms with Crippen molar-refractivity contribution in [1.82, 2.24) is 10.2 Å². The minimum absolute atomic E-state index is 0.0934. The van der Waals surface area contributed by atoms with Crippen molar-refractivity contribution in [3.05, 3.63) is 0 Å². The number of piperidine rings is 1. The molecule has 16 heavy (non-hydrogen) atoms. The molecule has 1 rings (SSSR count). The molecule has 1 saturated heterocycles. The van der Waals surface area contributed by atoms with Gasteiger partial charge in [-0.25, -0.2) is 0 Å². The van der Waals surface area contributed by atoms with Gasteiger partial charge in [-0.1, -0.05) is 13.3 Å². The zero-order valence-electron chi connectivity index (χ0n) is 10.5. The molecule has 1 aliphatic rings. The number of hydrogen-bond acceptors (Lipinski definition) is 3. The van der Waals surface area contributed by atoms with Gasteiger partial charge in [0, 0.05) is 32.1 Å². The molecule has 94 valence electrons.